The molecule has 2 aliphatic heterocycles. The Morgan fingerprint density at radius 3 is 1.83 bits per heavy atom. The molecule has 2 heterocycles. The first-order valence-electron chi connectivity index (χ1n) is 7.08. The van der Waals surface area contributed by atoms with Gasteiger partial charge in [-0.2, -0.15) is 0 Å². The molecule has 2 fully saturated rings. The molecular formula is C12H22O11. The molecule has 0 bridgehead atoms. The van der Waals surface area contributed by atoms with Gasteiger partial charge in [-0.15, -0.1) is 0 Å². The van der Waals surface area contributed by atoms with Gasteiger partial charge in [0, 0.05) is 0 Å². The molecule has 2 aliphatic rings. The lowest BCUT2D eigenvalue weighted by Crippen LogP contribution is -2.64. The molecule has 4 unspecified atom stereocenters. The van der Waals surface area contributed by atoms with E-state index >= 15 is 0 Å². The summed E-state index contributed by atoms with van der Waals surface area (Å²) in [4.78, 5) is 0. The van der Waals surface area contributed by atoms with Gasteiger partial charge in [0.25, 0.3) is 0 Å². The molecule has 0 spiro atoms. The Morgan fingerprint density at radius 1 is 0.652 bits per heavy atom. The Bertz CT molecular complexity index is 378. The fourth-order valence-corrected chi connectivity index (χ4v) is 2.57. The summed E-state index contributed by atoms with van der Waals surface area (Å²) in [6, 6.07) is 0. The predicted octanol–water partition coefficient (Wildman–Crippen LogP) is -5.40. The maximum absolute atomic E-state index is 9.94. The van der Waals surface area contributed by atoms with Gasteiger partial charge in [0.2, 0.25) is 0 Å². The average Bonchev–Trinajstić information content (AvgIpc) is 2.55. The van der Waals surface area contributed by atoms with E-state index in [1.165, 1.54) is 0 Å². The first kappa shape index (κ1) is 18.9. The third-order valence-electron chi connectivity index (χ3n) is 3.98. The van der Waals surface area contributed by atoms with E-state index in [0.29, 0.717) is 0 Å². The molecule has 0 aromatic rings. The number of hydrogen-bond donors (Lipinski definition) is 8. The van der Waals surface area contributed by atoms with Gasteiger partial charge >= 0.3 is 0 Å². The number of rotatable bonds is 4. The second-order valence-corrected chi connectivity index (χ2v) is 5.53. The maximum atomic E-state index is 9.94. The highest BCUT2D eigenvalue weighted by atomic mass is 16.7. The lowest BCUT2D eigenvalue weighted by Gasteiger charge is -2.45. The SMILES string of the molecule is OCC1O[C@@H](O[C@H]2C(CO)O[C@@H](O)[C@@H](O)C2O)[C@@H](O)C(O)[C@H]1O. The van der Waals surface area contributed by atoms with Gasteiger partial charge in [-0.25, -0.2) is 0 Å². The van der Waals surface area contributed by atoms with Crippen molar-refractivity contribution in [2.75, 3.05) is 13.2 Å². The van der Waals surface area contributed by atoms with Crippen LogP contribution >= 0.6 is 0 Å². The van der Waals surface area contributed by atoms with Gasteiger partial charge in [-0.1, -0.05) is 0 Å². The van der Waals surface area contributed by atoms with E-state index in [0.717, 1.165) is 0 Å². The largest absolute Gasteiger partial charge is 0.394 e. The summed E-state index contributed by atoms with van der Waals surface area (Å²) >= 11 is 0. The molecule has 23 heavy (non-hydrogen) atoms. The van der Waals surface area contributed by atoms with Crippen LogP contribution in [0.5, 0.6) is 0 Å². The Balaban J connectivity index is 2.11. The molecule has 0 aromatic carbocycles. The van der Waals surface area contributed by atoms with Crippen LogP contribution in [0.2, 0.25) is 0 Å². The summed E-state index contributed by atoms with van der Waals surface area (Å²) in [6.45, 7) is -1.35. The van der Waals surface area contributed by atoms with Crippen molar-refractivity contribution >= 4 is 0 Å². The Morgan fingerprint density at radius 2 is 1.26 bits per heavy atom. The topological polar surface area (TPSA) is 190 Å². The molecule has 0 amide bonds. The fourth-order valence-electron chi connectivity index (χ4n) is 2.57. The van der Waals surface area contributed by atoms with Crippen LogP contribution in [0, 0.1) is 0 Å². The van der Waals surface area contributed by atoms with Crippen LogP contribution in [0.3, 0.4) is 0 Å². The summed E-state index contributed by atoms with van der Waals surface area (Å²) in [5, 5.41) is 76.5. The quantitative estimate of drug-likeness (QED) is 0.243. The minimum atomic E-state index is -1.74. The zero-order valence-corrected chi connectivity index (χ0v) is 12.0. The second-order valence-electron chi connectivity index (χ2n) is 5.53. The number of ether oxygens (including phenoxy) is 3. The van der Waals surface area contributed by atoms with Crippen molar-refractivity contribution in [2.45, 2.75) is 61.4 Å². The number of hydrogen-bond acceptors (Lipinski definition) is 11. The van der Waals surface area contributed by atoms with Crippen LogP contribution in [0.25, 0.3) is 0 Å². The third kappa shape index (κ3) is 3.65. The monoisotopic (exact) mass is 342 g/mol. The van der Waals surface area contributed by atoms with Crippen molar-refractivity contribution in [3.63, 3.8) is 0 Å². The predicted molar refractivity (Wildman–Crippen MR) is 68.6 cm³/mol. The minimum absolute atomic E-state index is 0.667. The summed E-state index contributed by atoms with van der Waals surface area (Å²) in [5.41, 5.74) is 0. The molecule has 2 rings (SSSR count). The fraction of sp³-hybridized carbons (Fsp3) is 1.00. The lowest BCUT2D eigenvalue weighted by atomic mass is 9.97. The van der Waals surface area contributed by atoms with Crippen LogP contribution in [-0.2, 0) is 14.2 Å². The molecule has 8 N–H and O–H groups in total. The zero-order chi connectivity index (χ0) is 17.3. The smallest absolute Gasteiger partial charge is 0.187 e. The van der Waals surface area contributed by atoms with E-state index in [1.807, 2.05) is 0 Å². The van der Waals surface area contributed by atoms with Gasteiger partial charge in [-0.05, 0) is 0 Å². The van der Waals surface area contributed by atoms with E-state index in [9.17, 15) is 35.7 Å². The van der Waals surface area contributed by atoms with Gasteiger partial charge in [-0.3, -0.25) is 0 Å². The van der Waals surface area contributed by atoms with Crippen molar-refractivity contribution in [3.05, 3.63) is 0 Å². The molecule has 11 heteroatoms. The molecular weight excluding hydrogens is 320 g/mol. The summed E-state index contributed by atoms with van der Waals surface area (Å²) in [5.74, 6) is 0. The molecule has 2 saturated heterocycles. The minimum Gasteiger partial charge on any atom is -0.394 e. The van der Waals surface area contributed by atoms with Crippen LogP contribution < -0.4 is 0 Å². The van der Waals surface area contributed by atoms with Crippen LogP contribution in [0.1, 0.15) is 0 Å². The van der Waals surface area contributed by atoms with Crippen molar-refractivity contribution < 1.29 is 55.1 Å². The van der Waals surface area contributed by atoms with Crippen LogP contribution in [0.4, 0.5) is 0 Å². The lowest BCUT2D eigenvalue weighted by molar-refractivity contribution is -0.355. The molecule has 0 saturated carbocycles. The summed E-state index contributed by atoms with van der Waals surface area (Å²) < 4.78 is 15.3. The van der Waals surface area contributed by atoms with Gasteiger partial charge < -0.3 is 55.1 Å². The van der Waals surface area contributed by atoms with Gasteiger partial charge in [0.15, 0.2) is 12.6 Å². The Hall–Kier alpha value is -0.440. The Kier molecular flexibility index (Phi) is 6.27. The summed E-state index contributed by atoms with van der Waals surface area (Å²) in [6.07, 6.45) is -15.6. The second kappa shape index (κ2) is 7.63. The van der Waals surface area contributed by atoms with Crippen molar-refractivity contribution in [1.29, 1.82) is 0 Å². The van der Waals surface area contributed by atoms with Gasteiger partial charge in [0.1, 0.15) is 48.8 Å². The van der Waals surface area contributed by atoms with E-state index in [-0.39, 0.29) is 0 Å². The first-order valence-corrected chi connectivity index (χ1v) is 7.08. The highest BCUT2D eigenvalue weighted by molar-refractivity contribution is 4.93. The average molecular weight is 342 g/mol. The highest BCUT2D eigenvalue weighted by Crippen LogP contribution is 2.28. The molecule has 136 valence electrons. The van der Waals surface area contributed by atoms with E-state index in [1.54, 1.807) is 0 Å². The molecule has 10 atom stereocenters. The maximum Gasteiger partial charge on any atom is 0.187 e. The molecule has 0 radical (unpaired) electrons. The molecule has 11 nitrogen and oxygen atoms in total. The van der Waals surface area contributed by atoms with Crippen LogP contribution in [0.15, 0.2) is 0 Å². The highest BCUT2D eigenvalue weighted by Gasteiger charge is 2.50. The van der Waals surface area contributed by atoms with Crippen molar-refractivity contribution in [2.24, 2.45) is 0 Å². The van der Waals surface area contributed by atoms with E-state index in [2.05, 4.69) is 0 Å². The standard InChI is InChI=1S/C12H22O11/c13-1-3-5(15)6(16)9(19)12(22-3)23-10-4(2-14)21-11(20)8(18)7(10)17/h3-20H,1-2H2/t3?,4?,5-,6?,7?,8-,9-,10-,11+,12-/m0/s1. The van der Waals surface area contributed by atoms with E-state index in [4.69, 9.17) is 19.3 Å². The first-order chi connectivity index (χ1) is 10.8. The zero-order valence-electron chi connectivity index (χ0n) is 12.0. The normalized spacial score (nSPS) is 51.7. The van der Waals surface area contributed by atoms with Gasteiger partial charge in [0.05, 0.1) is 13.2 Å². The Labute approximate surface area is 130 Å². The molecule has 0 aromatic heterocycles. The van der Waals surface area contributed by atoms with Crippen molar-refractivity contribution in [3.8, 4) is 0 Å². The van der Waals surface area contributed by atoms with E-state index < -0.39 is 74.6 Å². The molecule has 0 aliphatic carbocycles. The van der Waals surface area contributed by atoms with Crippen molar-refractivity contribution in [1.82, 2.24) is 0 Å². The summed E-state index contributed by atoms with van der Waals surface area (Å²) in [7, 11) is 0. The number of aliphatic hydroxyl groups excluding tert-OH is 8. The number of aliphatic hydroxyl groups is 8. The third-order valence-corrected chi connectivity index (χ3v) is 3.98. The van der Waals surface area contributed by atoms with Crippen LogP contribution in [-0.4, -0.2) is 115 Å².